The van der Waals surface area contributed by atoms with E-state index in [1.165, 1.54) is 25.0 Å². The fourth-order valence-electron chi connectivity index (χ4n) is 5.01. The number of nitrogens with zero attached hydrogens (tertiary/aromatic N) is 1. The molecule has 1 fully saturated rings. The lowest BCUT2D eigenvalue weighted by Gasteiger charge is -2.14. The first kappa shape index (κ1) is 24.7. The molecule has 0 saturated carbocycles. The number of hydrogen-bond donors (Lipinski definition) is 3. The van der Waals surface area contributed by atoms with E-state index in [0.29, 0.717) is 40.2 Å². The maximum Gasteiger partial charge on any atom is 0.256 e. The third kappa shape index (κ3) is 4.97. The Kier molecular flexibility index (Phi) is 7.25. The van der Waals surface area contributed by atoms with Crippen molar-refractivity contribution in [3.05, 3.63) is 74.4 Å². The number of likely N-dealkylation sites (tertiary alicyclic amines) is 1. The van der Waals surface area contributed by atoms with Crippen LogP contribution >= 0.6 is 22.6 Å². The van der Waals surface area contributed by atoms with Gasteiger partial charge in [-0.05, 0) is 109 Å². The fourth-order valence-corrected chi connectivity index (χ4v) is 5.57. The van der Waals surface area contributed by atoms with Crippen molar-refractivity contribution in [1.82, 2.24) is 15.2 Å². The average Bonchev–Trinajstić information content (AvgIpc) is 3.56. The number of halogens is 2. The molecule has 3 heterocycles. The van der Waals surface area contributed by atoms with E-state index in [4.69, 9.17) is 0 Å². The second-order valence-electron chi connectivity index (χ2n) is 9.26. The molecule has 6 nitrogen and oxygen atoms in total. The summed E-state index contributed by atoms with van der Waals surface area (Å²) in [5, 5.41) is 5.97. The van der Waals surface area contributed by atoms with Crippen molar-refractivity contribution < 1.29 is 14.0 Å². The highest BCUT2D eigenvalue weighted by Crippen LogP contribution is 2.41. The summed E-state index contributed by atoms with van der Waals surface area (Å²) in [5.74, 6) is -0.754. The molecule has 2 aliphatic rings. The zero-order chi connectivity index (χ0) is 25.2. The number of benzene rings is 2. The summed E-state index contributed by atoms with van der Waals surface area (Å²) in [6.45, 7) is 5.77. The molecule has 2 aromatic carbocycles. The van der Waals surface area contributed by atoms with Gasteiger partial charge in [0, 0.05) is 17.8 Å². The third-order valence-electron chi connectivity index (χ3n) is 6.83. The number of nitrogens with one attached hydrogen (secondary N) is 3. The van der Waals surface area contributed by atoms with Crippen molar-refractivity contribution in [3.8, 4) is 11.1 Å². The maximum absolute atomic E-state index is 14.0. The zero-order valence-corrected chi connectivity index (χ0v) is 22.2. The van der Waals surface area contributed by atoms with Gasteiger partial charge in [0.25, 0.3) is 11.8 Å². The molecule has 0 atom stereocenters. The summed E-state index contributed by atoms with van der Waals surface area (Å²) in [6, 6.07) is 11.9. The van der Waals surface area contributed by atoms with Crippen LogP contribution in [0.1, 0.15) is 46.4 Å². The van der Waals surface area contributed by atoms with E-state index in [9.17, 15) is 14.0 Å². The minimum atomic E-state index is -0.342. The van der Waals surface area contributed by atoms with Gasteiger partial charge in [0.05, 0.1) is 20.5 Å². The van der Waals surface area contributed by atoms with Crippen molar-refractivity contribution in [1.29, 1.82) is 0 Å². The summed E-state index contributed by atoms with van der Waals surface area (Å²) in [7, 11) is 0. The van der Waals surface area contributed by atoms with Crippen LogP contribution in [0.5, 0.6) is 0 Å². The molecule has 3 N–H and O–H groups in total. The number of H-pyrrole nitrogens is 1. The zero-order valence-electron chi connectivity index (χ0n) is 20.1. The SMILES string of the molecule is Cc1c(I)[nH]c(/C=C2\C(=O)Nc3cccc(-c4cccc(F)c4)c32)c1C(=O)NCCCN1CCCC1. The van der Waals surface area contributed by atoms with Gasteiger partial charge in [-0.2, -0.15) is 0 Å². The van der Waals surface area contributed by atoms with Crippen LogP contribution < -0.4 is 10.6 Å². The van der Waals surface area contributed by atoms with Gasteiger partial charge in [0.1, 0.15) is 5.82 Å². The number of carbonyl (C=O) groups excluding carboxylic acids is 2. The Balaban J connectivity index is 1.45. The number of aromatic amines is 1. The van der Waals surface area contributed by atoms with Gasteiger partial charge in [-0.3, -0.25) is 9.59 Å². The fraction of sp³-hybridized carbons (Fsp3) is 0.286. The predicted octanol–water partition coefficient (Wildman–Crippen LogP) is 5.44. The molecule has 5 rings (SSSR count). The monoisotopic (exact) mass is 598 g/mol. The molecule has 3 aromatic rings. The minimum absolute atomic E-state index is 0.156. The number of fused-ring (bicyclic) bond motifs is 1. The van der Waals surface area contributed by atoms with Crippen LogP contribution in [-0.2, 0) is 4.79 Å². The van der Waals surface area contributed by atoms with E-state index in [1.807, 2.05) is 31.2 Å². The van der Waals surface area contributed by atoms with E-state index in [1.54, 1.807) is 12.1 Å². The highest BCUT2D eigenvalue weighted by atomic mass is 127. The molecular formula is C28H28FIN4O2. The molecule has 1 aromatic heterocycles. The summed E-state index contributed by atoms with van der Waals surface area (Å²) >= 11 is 2.17. The molecule has 2 amide bonds. The molecule has 0 unspecified atom stereocenters. The van der Waals surface area contributed by atoms with Gasteiger partial charge in [-0.25, -0.2) is 4.39 Å². The molecular weight excluding hydrogens is 570 g/mol. The van der Waals surface area contributed by atoms with Crippen molar-refractivity contribution in [2.75, 3.05) is 31.5 Å². The number of rotatable bonds is 7. The molecule has 1 saturated heterocycles. The molecule has 0 spiro atoms. The highest BCUT2D eigenvalue weighted by molar-refractivity contribution is 14.1. The first-order valence-electron chi connectivity index (χ1n) is 12.2. The van der Waals surface area contributed by atoms with Crippen LogP contribution in [0.15, 0.2) is 42.5 Å². The second kappa shape index (κ2) is 10.6. The van der Waals surface area contributed by atoms with Crippen LogP contribution in [0.4, 0.5) is 10.1 Å². The molecule has 36 heavy (non-hydrogen) atoms. The first-order valence-corrected chi connectivity index (χ1v) is 13.3. The maximum atomic E-state index is 14.0. The summed E-state index contributed by atoms with van der Waals surface area (Å²) in [6.07, 6.45) is 5.14. The largest absolute Gasteiger partial charge is 0.352 e. The van der Waals surface area contributed by atoms with Crippen molar-refractivity contribution in [2.24, 2.45) is 0 Å². The van der Waals surface area contributed by atoms with Gasteiger partial charge in [0.15, 0.2) is 0 Å². The standard InChI is InChI=1S/C28H28FIN4O2/c1-17-24(28(36)31-11-6-14-34-12-2-3-13-34)23(32-26(17)30)16-21-25-20(18-7-4-8-19(29)15-18)9-5-10-22(25)33-27(21)35/h4-5,7-10,15-16,32H,2-3,6,11-14H2,1H3,(H,31,36)(H,33,35)/b21-16-. The van der Waals surface area contributed by atoms with Gasteiger partial charge in [-0.1, -0.05) is 24.3 Å². The lowest BCUT2D eigenvalue weighted by molar-refractivity contribution is -0.110. The number of anilines is 1. The van der Waals surface area contributed by atoms with Crippen molar-refractivity contribution in [3.63, 3.8) is 0 Å². The Morgan fingerprint density at radius 2 is 1.97 bits per heavy atom. The van der Waals surface area contributed by atoms with Crippen molar-refractivity contribution in [2.45, 2.75) is 26.2 Å². The number of amides is 2. The number of aromatic nitrogens is 1. The normalized spacial score (nSPS) is 16.4. The van der Waals surface area contributed by atoms with Gasteiger partial charge in [0.2, 0.25) is 0 Å². The highest BCUT2D eigenvalue weighted by Gasteiger charge is 2.29. The Labute approximate surface area is 223 Å². The molecule has 0 bridgehead atoms. The Morgan fingerprint density at radius 1 is 1.19 bits per heavy atom. The molecule has 0 aliphatic carbocycles. The lowest BCUT2D eigenvalue weighted by atomic mass is 9.94. The Bertz CT molecular complexity index is 1360. The van der Waals surface area contributed by atoms with Crippen LogP contribution in [-0.4, -0.2) is 47.9 Å². The number of carbonyl (C=O) groups is 2. The minimum Gasteiger partial charge on any atom is -0.352 e. The quantitative estimate of drug-likeness (QED) is 0.193. The van der Waals surface area contributed by atoms with E-state index in [0.717, 1.165) is 40.9 Å². The molecule has 2 aliphatic heterocycles. The average molecular weight is 598 g/mol. The Hall–Kier alpha value is -2.98. The van der Waals surface area contributed by atoms with E-state index < -0.39 is 0 Å². The molecule has 8 heteroatoms. The number of hydrogen-bond acceptors (Lipinski definition) is 3. The summed E-state index contributed by atoms with van der Waals surface area (Å²) in [4.78, 5) is 31.9. The van der Waals surface area contributed by atoms with Crippen LogP contribution in [0, 0.1) is 16.4 Å². The molecule has 0 radical (unpaired) electrons. The topological polar surface area (TPSA) is 77.2 Å². The second-order valence-corrected chi connectivity index (χ2v) is 10.3. The third-order valence-corrected chi connectivity index (χ3v) is 7.91. The van der Waals surface area contributed by atoms with Gasteiger partial charge < -0.3 is 20.5 Å². The van der Waals surface area contributed by atoms with Crippen LogP contribution in [0.2, 0.25) is 0 Å². The summed E-state index contributed by atoms with van der Waals surface area (Å²) in [5.41, 5.74) is 5.21. The van der Waals surface area contributed by atoms with E-state index in [2.05, 4.69) is 43.1 Å². The van der Waals surface area contributed by atoms with Gasteiger partial charge >= 0.3 is 0 Å². The molecule has 186 valence electrons. The Morgan fingerprint density at radius 3 is 2.75 bits per heavy atom. The lowest BCUT2D eigenvalue weighted by Crippen LogP contribution is -2.29. The van der Waals surface area contributed by atoms with Crippen LogP contribution in [0.25, 0.3) is 22.8 Å². The van der Waals surface area contributed by atoms with E-state index >= 15 is 0 Å². The van der Waals surface area contributed by atoms with E-state index in [-0.39, 0.29) is 17.6 Å². The predicted molar refractivity (Wildman–Crippen MR) is 149 cm³/mol. The van der Waals surface area contributed by atoms with Crippen LogP contribution in [0.3, 0.4) is 0 Å². The first-order chi connectivity index (χ1) is 17.4. The van der Waals surface area contributed by atoms with Gasteiger partial charge in [-0.15, -0.1) is 0 Å². The van der Waals surface area contributed by atoms with Crippen molar-refractivity contribution >= 4 is 51.7 Å². The summed E-state index contributed by atoms with van der Waals surface area (Å²) < 4.78 is 14.8. The smallest absolute Gasteiger partial charge is 0.256 e.